The summed E-state index contributed by atoms with van der Waals surface area (Å²) in [4.78, 5) is 11.9. The maximum atomic E-state index is 11.9. The number of anilines is 1. The van der Waals surface area contributed by atoms with Crippen molar-refractivity contribution in [1.82, 2.24) is 5.32 Å². The number of aliphatic hydroxyl groups excluding tert-OH is 1. The Bertz CT molecular complexity index is 450. The minimum atomic E-state index is -0.474. The van der Waals surface area contributed by atoms with Crippen LogP contribution in [0.5, 0.6) is 5.75 Å². The Kier molecular flexibility index (Phi) is 5.62. The van der Waals surface area contributed by atoms with Gasteiger partial charge in [-0.25, -0.2) is 4.79 Å². The smallest absolute Gasteiger partial charge is 0.319 e. The molecule has 0 fully saturated rings. The van der Waals surface area contributed by atoms with Crippen LogP contribution in [0.2, 0.25) is 0 Å². The lowest BCUT2D eigenvalue weighted by atomic mass is 10.0. The maximum absolute atomic E-state index is 11.9. The Morgan fingerprint density at radius 1 is 1.47 bits per heavy atom. The van der Waals surface area contributed by atoms with Gasteiger partial charge in [-0.2, -0.15) is 0 Å². The Hall–Kier alpha value is -1.27. The molecule has 0 bridgehead atoms. The number of hydrogen-bond acceptors (Lipinski definition) is 3. The molecular formula is C13H19BrN2O3. The van der Waals surface area contributed by atoms with Crippen molar-refractivity contribution in [1.29, 1.82) is 0 Å². The van der Waals surface area contributed by atoms with Crippen LogP contribution in [-0.4, -0.2) is 30.4 Å². The second-order valence-electron chi connectivity index (χ2n) is 4.78. The molecule has 3 N–H and O–H groups in total. The van der Waals surface area contributed by atoms with Gasteiger partial charge in [-0.05, 0) is 38.5 Å². The van der Waals surface area contributed by atoms with Crippen molar-refractivity contribution in [2.45, 2.75) is 25.8 Å². The third-order valence-electron chi connectivity index (χ3n) is 2.60. The second kappa shape index (κ2) is 6.77. The van der Waals surface area contributed by atoms with Gasteiger partial charge < -0.3 is 20.5 Å². The van der Waals surface area contributed by atoms with Gasteiger partial charge in [0.1, 0.15) is 5.75 Å². The Labute approximate surface area is 121 Å². The van der Waals surface area contributed by atoms with E-state index in [0.717, 1.165) is 4.47 Å². The molecule has 0 radical (unpaired) electrons. The summed E-state index contributed by atoms with van der Waals surface area (Å²) in [7, 11) is 1.54. The molecule has 6 heteroatoms. The SMILES string of the molecule is COc1ccc(Br)cc1NC(=O)NC(C)(C)CCO. The molecule has 0 unspecified atom stereocenters. The normalized spacial score (nSPS) is 11.0. The van der Waals surface area contributed by atoms with E-state index in [1.807, 2.05) is 19.9 Å². The van der Waals surface area contributed by atoms with E-state index in [1.54, 1.807) is 19.2 Å². The van der Waals surface area contributed by atoms with E-state index in [2.05, 4.69) is 26.6 Å². The lowest BCUT2D eigenvalue weighted by molar-refractivity contribution is 0.218. The number of rotatable bonds is 5. The third kappa shape index (κ3) is 5.08. The molecule has 0 saturated carbocycles. The van der Waals surface area contributed by atoms with Gasteiger partial charge in [0.05, 0.1) is 12.8 Å². The molecule has 0 aliphatic rings. The highest BCUT2D eigenvalue weighted by molar-refractivity contribution is 9.10. The molecular weight excluding hydrogens is 312 g/mol. The van der Waals surface area contributed by atoms with E-state index in [0.29, 0.717) is 17.9 Å². The number of hydrogen-bond donors (Lipinski definition) is 3. The first-order chi connectivity index (χ1) is 8.88. The van der Waals surface area contributed by atoms with Crippen LogP contribution >= 0.6 is 15.9 Å². The van der Waals surface area contributed by atoms with Gasteiger partial charge in [-0.15, -0.1) is 0 Å². The van der Waals surface area contributed by atoms with E-state index < -0.39 is 5.54 Å². The van der Waals surface area contributed by atoms with Crippen LogP contribution in [0, 0.1) is 0 Å². The summed E-state index contributed by atoms with van der Waals surface area (Å²) < 4.78 is 6.02. The molecule has 0 aliphatic heterocycles. The highest BCUT2D eigenvalue weighted by Crippen LogP contribution is 2.27. The fourth-order valence-electron chi connectivity index (χ4n) is 1.58. The molecule has 0 aromatic heterocycles. The van der Waals surface area contributed by atoms with Crippen molar-refractivity contribution < 1.29 is 14.6 Å². The quantitative estimate of drug-likeness (QED) is 0.777. The van der Waals surface area contributed by atoms with Crippen LogP contribution in [0.4, 0.5) is 10.5 Å². The lowest BCUT2D eigenvalue weighted by Gasteiger charge is -2.25. The second-order valence-corrected chi connectivity index (χ2v) is 5.70. The fraction of sp³-hybridized carbons (Fsp3) is 0.462. The van der Waals surface area contributed by atoms with Gasteiger partial charge in [0, 0.05) is 16.6 Å². The van der Waals surface area contributed by atoms with E-state index in [-0.39, 0.29) is 12.6 Å². The predicted molar refractivity (Wildman–Crippen MR) is 78.6 cm³/mol. The number of aliphatic hydroxyl groups is 1. The van der Waals surface area contributed by atoms with Gasteiger partial charge in [0.15, 0.2) is 0 Å². The minimum absolute atomic E-state index is 0.0213. The highest BCUT2D eigenvalue weighted by atomic mass is 79.9. The molecule has 5 nitrogen and oxygen atoms in total. The predicted octanol–water partition coefficient (Wildman–Crippen LogP) is 2.74. The molecule has 1 aromatic carbocycles. The summed E-state index contributed by atoms with van der Waals surface area (Å²) in [5.74, 6) is 0.582. The number of nitrogens with one attached hydrogen (secondary N) is 2. The first-order valence-corrected chi connectivity index (χ1v) is 6.71. The average Bonchev–Trinajstić information content (AvgIpc) is 2.28. The number of halogens is 1. The number of benzene rings is 1. The van der Waals surface area contributed by atoms with Crippen LogP contribution in [0.25, 0.3) is 0 Å². The number of amides is 2. The summed E-state index contributed by atoms with van der Waals surface area (Å²) in [6, 6.07) is 5.02. The molecule has 1 rings (SSSR count). The number of urea groups is 1. The number of ether oxygens (including phenoxy) is 1. The summed E-state index contributed by atoms with van der Waals surface area (Å²) in [5, 5.41) is 14.5. The molecule has 0 spiro atoms. The van der Waals surface area contributed by atoms with Crippen molar-refractivity contribution in [3.8, 4) is 5.75 Å². The first kappa shape index (κ1) is 15.8. The van der Waals surface area contributed by atoms with Crippen LogP contribution in [0.1, 0.15) is 20.3 Å². The Morgan fingerprint density at radius 3 is 2.74 bits per heavy atom. The number of carbonyl (C=O) groups excluding carboxylic acids is 1. The van der Waals surface area contributed by atoms with Gasteiger partial charge in [0.2, 0.25) is 0 Å². The molecule has 1 aromatic rings. The van der Waals surface area contributed by atoms with Crippen molar-refractivity contribution in [2.24, 2.45) is 0 Å². The maximum Gasteiger partial charge on any atom is 0.319 e. The Morgan fingerprint density at radius 2 is 2.16 bits per heavy atom. The molecule has 0 heterocycles. The van der Waals surface area contributed by atoms with Crippen LogP contribution in [0.15, 0.2) is 22.7 Å². The minimum Gasteiger partial charge on any atom is -0.495 e. The van der Waals surface area contributed by atoms with E-state index >= 15 is 0 Å². The molecule has 2 amide bonds. The molecule has 0 aliphatic carbocycles. The van der Waals surface area contributed by atoms with Crippen molar-refractivity contribution in [2.75, 3.05) is 19.0 Å². The number of methoxy groups -OCH3 is 1. The van der Waals surface area contributed by atoms with Gasteiger partial charge in [-0.3, -0.25) is 0 Å². The van der Waals surface area contributed by atoms with Crippen LogP contribution in [-0.2, 0) is 0 Å². The van der Waals surface area contributed by atoms with Crippen LogP contribution < -0.4 is 15.4 Å². The topological polar surface area (TPSA) is 70.6 Å². The summed E-state index contributed by atoms with van der Waals surface area (Å²) in [5.41, 5.74) is 0.104. The summed E-state index contributed by atoms with van der Waals surface area (Å²) >= 11 is 3.34. The van der Waals surface area contributed by atoms with E-state index in [4.69, 9.17) is 9.84 Å². The molecule has 106 valence electrons. The van der Waals surface area contributed by atoms with E-state index in [9.17, 15) is 4.79 Å². The zero-order chi connectivity index (χ0) is 14.5. The standard InChI is InChI=1S/C13H19BrN2O3/c1-13(2,6-7-17)16-12(18)15-10-8-9(14)4-5-11(10)19-3/h4-5,8,17H,6-7H2,1-3H3,(H2,15,16,18). The van der Waals surface area contributed by atoms with Crippen molar-refractivity contribution in [3.05, 3.63) is 22.7 Å². The lowest BCUT2D eigenvalue weighted by Crippen LogP contribution is -2.46. The zero-order valence-corrected chi connectivity index (χ0v) is 12.9. The molecule has 19 heavy (non-hydrogen) atoms. The summed E-state index contributed by atoms with van der Waals surface area (Å²) in [6.45, 7) is 3.72. The van der Waals surface area contributed by atoms with Crippen molar-refractivity contribution >= 4 is 27.6 Å². The molecule has 0 atom stereocenters. The first-order valence-electron chi connectivity index (χ1n) is 5.91. The van der Waals surface area contributed by atoms with Crippen molar-refractivity contribution in [3.63, 3.8) is 0 Å². The Balaban J connectivity index is 2.74. The molecule has 0 saturated heterocycles. The summed E-state index contributed by atoms with van der Waals surface area (Å²) in [6.07, 6.45) is 0.482. The van der Waals surface area contributed by atoms with E-state index in [1.165, 1.54) is 0 Å². The largest absolute Gasteiger partial charge is 0.495 e. The third-order valence-corrected chi connectivity index (χ3v) is 3.09. The fourth-order valence-corrected chi connectivity index (χ4v) is 1.94. The van der Waals surface area contributed by atoms with Gasteiger partial charge >= 0.3 is 6.03 Å². The highest BCUT2D eigenvalue weighted by Gasteiger charge is 2.20. The average molecular weight is 331 g/mol. The van der Waals surface area contributed by atoms with Gasteiger partial charge in [-0.1, -0.05) is 15.9 Å². The number of carbonyl (C=O) groups is 1. The zero-order valence-electron chi connectivity index (χ0n) is 11.3. The van der Waals surface area contributed by atoms with Crippen LogP contribution in [0.3, 0.4) is 0 Å². The van der Waals surface area contributed by atoms with Gasteiger partial charge in [0.25, 0.3) is 0 Å². The monoisotopic (exact) mass is 330 g/mol.